The van der Waals surface area contributed by atoms with Gasteiger partial charge in [-0.05, 0) is 24.3 Å². The van der Waals surface area contributed by atoms with Gasteiger partial charge in [0.25, 0.3) is 0 Å². The molecule has 2 rings (SSSR count). The summed E-state index contributed by atoms with van der Waals surface area (Å²) in [4.78, 5) is 24.2. The minimum Gasteiger partial charge on any atom is -0.291 e. The van der Waals surface area contributed by atoms with E-state index < -0.39 is 0 Å². The highest BCUT2D eigenvalue weighted by molar-refractivity contribution is 6.38. The first-order valence-electron chi connectivity index (χ1n) is 7.30. The molecule has 102 valence electrons. The van der Waals surface area contributed by atoms with E-state index in [9.17, 15) is 9.59 Å². The molecular weight excluding hydrogens is 236 g/mol. The lowest BCUT2D eigenvalue weighted by Gasteiger charge is -2.20. The average Bonchev–Trinajstić information content (AvgIpc) is 2.48. The maximum atomic E-state index is 12.1. The summed E-state index contributed by atoms with van der Waals surface area (Å²) in [6.45, 7) is 2.02. The van der Waals surface area contributed by atoms with E-state index in [2.05, 4.69) is 0 Å². The van der Waals surface area contributed by atoms with Crippen molar-refractivity contribution in [3.63, 3.8) is 0 Å². The van der Waals surface area contributed by atoms with Crippen LogP contribution in [0.4, 0.5) is 0 Å². The largest absolute Gasteiger partial charge is 0.291 e. The zero-order valence-electron chi connectivity index (χ0n) is 11.6. The smallest absolute Gasteiger partial charge is 0.201 e. The van der Waals surface area contributed by atoms with Crippen molar-refractivity contribution in [3.05, 3.63) is 35.9 Å². The molecule has 0 amide bonds. The first-order chi connectivity index (χ1) is 9.18. The van der Waals surface area contributed by atoms with Crippen molar-refractivity contribution in [1.29, 1.82) is 0 Å². The van der Waals surface area contributed by atoms with Crippen LogP contribution >= 0.6 is 0 Å². The molecule has 0 radical (unpaired) electrons. The molecular formula is C17H22O2. The summed E-state index contributed by atoms with van der Waals surface area (Å²) in [6, 6.07) is 9.94. The van der Waals surface area contributed by atoms with E-state index in [0.29, 0.717) is 6.42 Å². The van der Waals surface area contributed by atoms with Crippen LogP contribution in [-0.4, -0.2) is 11.6 Å². The first-order valence-corrected chi connectivity index (χ1v) is 7.30. The topological polar surface area (TPSA) is 34.1 Å². The monoisotopic (exact) mass is 258 g/mol. The summed E-state index contributed by atoms with van der Waals surface area (Å²) in [5.41, 5.74) is 1.13. The van der Waals surface area contributed by atoms with Crippen LogP contribution in [0.25, 0.3) is 0 Å². The number of benzene rings is 1. The second-order valence-corrected chi connectivity index (χ2v) is 5.64. The summed E-state index contributed by atoms with van der Waals surface area (Å²) >= 11 is 0. The molecule has 1 aromatic rings. The Kier molecular flexibility index (Phi) is 4.89. The van der Waals surface area contributed by atoms with Gasteiger partial charge in [0.05, 0.1) is 0 Å². The Morgan fingerprint density at radius 2 is 1.74 bits per heavy atom. The predicted molar refractivity (Wildman–Crippen MR) is 76.1 cm³/mol. The van der Waals surface area contributed by atoms with Crippen molar-refractivity contribution in [1.82, 2.24) is 0 Å². The Morgan fingerprint density at radius 1 is 1.11 bits per heavy atom. The highest BCUT2D eigenvalue weighted by Gasteiger charge is 2.27. The van der Waals surface area contributed by atoms with E-state index in [-0.39, 0.29) is 23.4 Å². The Bertz CT molecular complexity index is 430. The molecule has 2 heteroatoms. The SMILES string of the molecule is CC(CC(=O)C(=O)C1CCCCC1)c1ccccc1. The van der Waals surface area contributed by atoms with Gasteiger partial charge >= 0.3 is 0 Å². The van der Waals surface area contributed by atoms with Gasteiger partial charge in [0.15, 0.2) is 5.78 Å². The van der Waals surface area contributed by atoms with E-state index in [0.717, 1.165) is 31.2 Å². The Hall–Kier alpha value is -1.44. The Morgan fingerprint density at radius 3 is 2.37 bits per heavy atom. The van der Waals surface area contributed by atoms with Crippen LogP contribution < -0.4 is 0 Å². The summed E-state index contributed by atoms with van der Waals surface area (Å²) in [6.07, 6.45) is 5.56. The fraction of sp³-hybridized carbons (Fsp3) is 0.529. The number of carbonyl (C=O) groups is 2. The number of hydrogen-bond donors (Lipinski definition) is 0. The van der Waals surface area contributed by atoms with E-state index in [1.807, 2.05) is 37.3 Å². The van der Waals surface area contributed by atoms with Gasteiger partial charge in [-0.1, -0.05) is 56.5 Å². The maximum absolute atomic E-state index is 12.1. The highest BCUT2D eigenvalue weighted by atomic mass is 16.2. The highest BCUT2D eigenvalue weighted by Crippen LogP contribution is 2.26. The van der Waals surface area contributed by atoms with Crippen LogP contribution in [0, 0.1) is 5.92 Å². The summed E-state index contributed by atoms with van der Waals surface area (Å²) in [5, 5.41) is 0. The van der Waals surface area contributed by atoms with Gasteiger partial charge in [0.1, 0.15) is 0 Å². The molecule has 1 unspecified atom stereocenters. The molecule has 0 aliphatic heterocycles. The molecule has 0 aromatic heterocycles. The van der Waals surface area contributed by atoms with Gasteiger partial charge in [0, 0.05) is 12.3 Å². The van der Waals surface area contributed by atoms with Gasteiger partial charge in [-0.3, -0.25) is 9.59 Å². The molecule has 0 N–H and O–H groups in total. The number of Topliss-reactive ketones (excluding diaryl/α,β-unsaturated/α-hetero) is 2. The molecule has 0 bridgehead atoms. The lowest BCUT2D eigenvalue weighted by molar-refractivity contribution is -0.139. The molecule has 1 aromatic carbocycles. The molecule has 1 atom stereocenters. The Balaban J connectivity index is 1.91. The summed E-state index contributed by atoms with van der Waals surface area (Å²) in [5.74, 6) is -0.170. The van der Waals surface area contributed by atoms with Crippen LogP contribution in [-0.2, 0) is 9.59 Å². The molecule has 1 aliphatic carbocycles. The van der Waals surface area contributed by atoms with Gasteiger partial charge in [-0.25, -0.2) is 0 Å². The van der Waals surface area contributed by atoms with E-state index >= 15 is 0 Å². The van der Waals surface area contributed by atoms with Crippen LogP contribution in [0.15, 0.2) is 30.3 Å². The number of ketones is 2. The molecule has 1 aliphatic rings. The molecule has 0 heterocycles. The van der Waals surface area contributed by atoms with Crippen molar-refractivity contribution in [3.8, 4) is 0 Å². The van der Waals surface area contributed by atoms with Crippen molar-refractivity contribution in [2.24, 2.45) is 5.92 Å². The molecule has 19 heavy (non-hydrogen) atoms. The van der Waals surface area contributed by atoms with Crippen LogP contribution in [0.5, 0.6) is 0 Å². The third-order valence-corrected chi connectivity index (χ3v) is 4.11. The molecule has 1 fully saturated rings. The quantitative estimate of drug-likeness (QED) is 0.751. The zero-order chi connectivity index (χ0) is 13.7. The number of carbonyl (C=O) groups excluding carboxylic acids is 2. The van der Waals surface area contributed by atoms with Crippen molar-refractivity contribution in [2.75, 3.05) is 0 Å². The molecule has 0 saturated heterocycles. The summed E-state index contributed by atoms with van der Waals surface area (Å²) in [7, 11) is 0. The van der Waals surface area contributed by atoms with Crippen LogP contribution in [0.1, 0.15) is 56.9 Å². The third-order valence-electron chi connectivity index (χ3n) is 4.11. The molecule has 2 nitrogen and oxygen atoms in total. The molecule has 0 spiro atoms. The van der Waals surface area contributed by atoms with Gasteiger partial charge in [-0.2, -0.15) is 0 Å². The fourth-order valence-electron chi connectivity index (χ4n) is 2.87. The average molecular weight is 258 g/mol. The second kappa shape index (κ2) is 6.65. The van der Waals surface area contributed by atoms with Gasteiger partial charge < -0.3 is 0 Å². The van der Waals surface area contributed by atoms with Crippen molar-refractivity contribution >= 4 is 11.6 Å². The minimum atomic E-state index is -0.178. The van der Waals surface area contributed by atoms with Crippen LogP contribution in [0.2, 0.25) is 0 Å². The number of hydrogen-bond acceptors (Lipinski definition) is 2. The number of rotatable bonds is 5. The fourth-order valence-corrected chi connectivity index (χ4v) is 2.87. The third kappa shape index (κ3) is 3.76. The standard InChI is InChI=1S/C17H22O2/c1-13(14-8-4-2-5-9-14)12-16(18)17(19)15-10-6-3-7-11-15/h2,4-5,8-9,13,15H,3,6-7,10-12H2,1H3. The van der Waals surface area contributed by atoms with Crippen molar-refractivity contribution in [2.45, 2.75) is 51.4 Å². The Labute approximate surface area is 115 Å². The van der Waals surface area contributed by atoms with E-state index in [1.165, 1.54) is 6.42 Å². The second-order valence-electron chi connectivity index (χ2n) is 5.64. The van der Waals surface area contributed by atoms with Gasteiger partial charge in [-0.15, -0.1) is 0 Å². The van der Waals surface area contributed by atoms with E-state index in [4.69, 9.17) is 0 Å². The first kappa shape index (κ1) is 14.0. The minimum absolute atomic E-state index is 0.00391. The molecule has 1 saturated carbocycles. The summed E-state index contributed by atoms with van der Waals surface area (Å²) < 4.78 is 0. The van der Waals surface area contributed by atoms with Gasteiger partial charge in [0.2, 0.25) is 5.78 Å². The lowest BCUT2D eigenvalue weighted by Crippen LogP contribution is -2.26. The zero-order valence-corrected chi connectivity index (χ0v) is 11.6. The maximum Gasteiger partial charge on any atom is 0.201 e. The predicted octanol–water partition coefficient (Wildman–Crippen LogP) is 3.90. The van der Waals surface area contributed by atoms with Crippen LogP contribution in [0.3, 0.4) is 0 Å². The van der Waals surface area contributed by atoms with Crippen molar-refractivity contribution < 1.29 is 9.59 Å². The van der Waals surface area contributed by atoms with E-state index in [1.54, 1.807) is 0 Å². The lowest BCUT2D eigenvalue weighted by atomic mass is 9.83. The normalized spacial score (nSPS) is 17.9.